The maximum absolute atomic E-state index is 13.4. The summed E-state index contributed by atoms with van der Waals surface area (Å²) < 4.78 is 11.9. The highest BCUT2D eigenvalue weighted by molar-refractivity contribution is 5.74. The van der Waals surface area contributed by atoms with E-state index in [2.05, 4.69) is 10.2 Å². The number of allylic oxidation sites excluding steroid dienone is 2. The molecule has 0 unspecified atom stereocenters. The number of likely N-dealkylation sites (tertiary alicyclic amines) is 1. The lowest BCUT2D eigenvalue weighted by molar-refractivity contribution is -0.151. The molecular formula is C38H62N4O7. The van der Waals surface area contributed by atoms with Gasteiger partial charge < -0.3 is 34.8 Å². The van der Waals surface area contributed by atoms with Crippen LogP contribution in [0.2, 0.25) is 0 Å². The number of rotatable bonds is 7. The van der Waals surface area contributed by atoms with Gasteiger partial charge in [0.25, 0.3) is 0 Å². The molecule has 11 nitrogen and oxygen atoms in total. The van der Waals surface area contributed by atoms with Crippen molar-refractivity contribution >= 4 is 18.1 Å². The van der Waals surface area contributed by atoms with Gasteiger partial charge in [-0.1, -0.05) is 63.8 Å². The summed E-state index contributed by atoms with van der Waals surface area (Å²) in [5.74, 6) is -0.736. The minimum Gasteiger partial charge on any atom is -0.457 e. The molecule has 1 saturated carbocycles. The first-order valence-electron chi connectivity index (χ1n) is 18.8. The summed E-state index contributed by atoms with van der Waals surface area (Å²) >= 11 is 0. The van der Waals surface area contributed by atoms with Crippen LogP contribution in [0.15, 0.2) is 36.0 Å². The smallest absolute Gasteiger partial charge is 0.410 e. The van der Waals surface area contributed by atoms with Crippen LogP contribution in [0.1, 0.15) is 98.3 Å². The fourth-order valence-corrected chi connectivity index (χ4v) is 7.37. The van der Waals surface area contributed by atoms with Crippen molar-refractivity contribution in [2.75, 3.05) is 45.8 Å². The average molecular weight is 687 g/mol. The van der Waals surface area contributed by atoms with Crippen molar-refractivity contribution < 1.29 is 34.1 Å². The Balaban J connectivity index is 1.40. The van der Waals surface area contributed by atoms with Gasteiger partial charge in [-0.05, 0) is 69.9 Å². The van der Waals surface area contributed by atoms with E-state index in [4.69, 9.17) is 9.47 Å². The lowest BCUT2D eigenvalue weighted by atomic mass is 9.89. The van der Waals surface area contributed by atoms with Gasteiger partial charge >= 0.3 is 18.1 Å². The molecule has 49 heavy (non-hydrogen) atoms. The van der Waals surface area contributed by atoms with Crippen LogP contribution in [0.5, 0.6) is 0 Å². The maximum atomic E-state index is 13.4. The molecule has 0 aromatic heterocycles. The molecule has 0 spiro atoms. The largest absolute Gasteiger partial charge is 0.457 e. The van der Waals surface area contributed by atoms with Crippen molar-refractivity contribution in [1.29, 1.82) is 0 Å². The number of aliphatic hydroxyl groups excluding tert-OH is 1. The number of hydrogen-bond donors (Lipinski definition) is 3. The molecule has 0 aromatic carbocycles. The third-order valence-electron chi connectivity index (χ3n) is 10.7. The fourth-order valence-electron chi connectivity index (χ4n) is 7.37. The van der Waals surface area contributed by atoms with Crippen molar-refractivity contribution in [3.63, 3.8) is 0 Å². The lowest BCUT2D eigenvalue weighted by Gasteiger charge is -2.40. The van der Waals surface area contributed by atoms with Crippen molar-refractivity contribution in [3.8, 4) is 0 Å². The van der Waals surface area contributed by atoms with Crippen LogP contribution in [0, 0.1) is 11.8 Å². The second-order valence-electron chi connectivity index (χ2n) is 15.0. The van der Waals surface area contributed by atoms with Gasteiger partial charge in [-0.2, -0.15) is 0 Å². The van der Waals surface area contributed by atoms with E-state index in [1.165, 1.54) is 38.5 Å². The number of ether oxygens (including phenoxy) is 2. The van der Waals surface area contributed by atoms with E-state index >= 15 is 0 Å². The van der Waals surface area contributed by atoms with Gasteiger partial charge in [0.2, 0.25) is 0 Å². The monoisotopic (exact) mass is 686 g/mol. The molecule has 4 rings (SSSR count). The van der Waals surface area contributed by atoms with Gasteiger partial charge in [0.05, 0.1) is 12.5 Å². The lowest BCUT2D eigenvalue weighted by Crippen LogP contribution is -2.53. The number of nitrogens with one attached hydrogen (secondary N) is 1. The van der Waals surface area contributed by atoms with E-state index in [-0.39, 0.29) is 37.1 Å². The zero-order valence-corrected chi connectivity index (χ0v) is 30.4. The molecule has 1 aliphatic carbocycles. The predicted octanol–water partition coefficient (Wildman–Crippen LogP) is 5.18. The Hall–Kier alpha value is -2.89. The Kier molecular flexibility index (Phi) is 15.0. The molecule has 3 fully saturated rings. The number of hydrogen-bond acceptors (Lipinski definition) is 8. The summed E-state index contributed by atoms with van der Waals surface area (Å²) in [5.41, 5.74) is -0.657. The number of piperazine rings is 1. The van der Waals surface area contributed by atoms with Crippen molar-refractivity contribution in [1.82, 2.24) is 20.0 Å². The Labute approximate surface area is 293 Å². The molecule has 2 saturated heterocycles. The van der Waals surface area contributed by atoms with Crippen LogP contribution >= 0.6 is 0 Å². The predicted molar refractivity (Wildman–Crippen MR) is 190 cm³/mol. The molecule has 0 radical (unpaired) electrons. The number of nitrogens with zero attached hydrogens (tertiary/aromatic N) is 3. The van der Waals surface area contributed by atoms with Crippen molar-refractivity contribution in [3.05, 3.63) is 36.0 Å². The first kappa shape index (κ1) is 38.9. The van der Waals surface area contributed by atoms with Crippen LogP contribution in [-0.4, -0.2) is 119 Å². The third kappa shape index (κ3) is 12.1. The van der Waals surface area contributed by atoms with Crippen LogP contribution < -0.4 is 5.32 Å². The average Bonchev–Trinajstić information content (AvgIpc) is 3.49. The number of carbonyl (C=O) groups is 3. The number of aliphatic hydroxyl groups is 2. The van der Waals surface area contributed by atoms with Gasteiger partial charge in [0, 0.05) is 57.8 Å². The molecule has 0 bridgehead atoms. The van der Waals surface area contributed by atoms with Crippen molar-refractivity contribution in [2.24, 2.45) is 11.8 Å². The number of carbonyl (C=O) groups excluding carboxylic acids is 3. The van der Waals surface area contributed by atoms with Gasteiger partial charge in [0.15, 0.2) is 6.10 Å². The summed E-state index contributed by atoms with van der Waals surface area (Å²) in [4.78, 5) is 44.7. The van der Waals surface area contributed by atoms with Crippen molar-refractivity contribution in [2.45, 2.75) is 128 Å². The normalized spacial score (nSPS) is 31.7. The van der Waals surface area contributed by atoms with E-state index in [1.807, 2.05) is 50.0 Å². The van der Waals surface area contributed by atoms with Gasteiger partial charge in [-0.25, -0.2) is 9.59 Å². The zero-order valence-electron chi connectivity index (χ0n) is 30.4. The highest BCUT2D eigenvalue weighted by Gasteiger charge is 2.37. The zero-order chi connectivity index (χ0) is 35.4. The molecule has 3 aliphatic heterocycles. The molecule has 3 N–H and O–H groups in total. The molecule has 4 aliphatic rings. The number of amides is 3. The summed E-state index contributed by atoms with van der Waals surface area (Å²) in [6, 6.07) is 0.567. The topological polar surface area (TPSA) is 132 Å². The number of esters is 1. The molecular weight excluding hydrogens is 624 g/mol. The maximum Gasteiger partial charge on any atom is 0.410 e. The van der Waals surface area contributed by atoms with E-state index in [9.17, 15) is 24.6 Å². The SMILES string of the molecule is C/C(=C\C=C\[C@@H](C)CNC(=O)N1CCCC1)[C@H]1OC(=O)C[C@@H](O)CC[C@](C)(O)[C@@H](OC(=O)N2CCN(C3CCCCCC3)CC2)/C=C\[C@@H]1C. The van der Waals surface area contributed by atoms with Gasteiger partial charge in [0.1, 0.15) is 11.7 Å². The highest BCUT2D eigenvalue weighted by Crippen LogP contribution is 2.28. The van der Waals surface area contributed by atoms with Crippen LogP contribution in [0.3, 0.4) is 0 Å². The van der Waals surface area contributed by atoms with E-state index in [0.29, 0.717) is 25.7 Å². The minimum absolute atomic E-state index is 0.0251. The first-order chi connectivity index (χ1) is 23.4. The standard InChI is InChI=1S/C38H62N4O7/c1-28(27-39-36(45)41-20-9-10-21-41)12-11-13-29(2)35-30(3)16-17-33(38(4,47)19-18-32(43)26-34(44)49-35)48-37(46)42-24-22-40(23-25-42)31-14-7-5-6-8-15-31/h11-13,16-17,28,30-33,35,43,47H,5-10,14-15,18-27H2,1-4H3,(H,39,45)/b12-11+,17-16-,29-13+/t28-,30+,32+,33+,35-,38+/m1/s1. The van der Waals surface area contributed by atoms with Crippen LogP contribution in [-0.2, 0) is 14.3 Å². The van der Waals surface area contributed by atoms with E-state index < -0.39 is 36.0 Å². The highest BCUT2D eigenvalue weighted by atomic mass is 16.6. The number of urea groups is 1. The summed E-state index contributed by atoms with van der Waals surface area (Å²) in [6.45, 7) is 12.4. The molecule has 3 amide bonds. The minimum atomic E-state index is -1.46. The molecule has 3 heterocycles. The second kappa shape index (κ2) is 18.9. The molecule has 276 valence electrons. The van der Waals surface area contributed by atoms with Gasteiger partial charge in [-0.3, -0.25) is 9.69 Å². The Morgan fingerprint density at radius 1 is 1.02 bits per heavy atom. The molecule has 11 heteroatoms. The van der Waals surface area contributed by atoms with Crippen LogP contribution in [0.4, 0.5) is 9.59 Å². The first-order valence-corrected chi connectivity index (χ1v) is 18.8. The second-order valence-corrected chi connectivity index (χ2v) is 15.0. The molecule has 6 atom stereocenters. The summed E-state index contributed by atoms with van der Waals surface area (Å²) in [5, 5.41) is 25.2. The molecule has 0 aromatic rings. The number of cyclic esters (lactones) is 1. The quantitative estimate of drug-likeness (QED) is 0.145. The Bertz CT molecular complexity index is 1160. The Morgan fingerprint density at radius 2 is 1.69 bits per heavy atom. The summed E-state index contributed by atoms with van der Waals surface area (Å²) in [6.07, 6.45) is 16.1. The van der Waals surface area contributed by atoms with E-state index in [0.717, 1.165) is 44.6 Å². The van der Waals surface area contributed by atoms with Gasteiger partial charge in [-0.15, -0.1) is 0 Å². The summed E-state index contributed by atoms with van der Waals surface area (Å²) in [7, 11) is 0. The fraction of sp³-hybridized carbons (Fsp3) is 0.763. The van der Waals surface area contributed by atoms with Crippen LogP contribution in [0.25, 0.3) is 0 Å². The third-order valence-corrected chi connectivity index (χ3v) is 10.7. The van der Waals surface area contributed by atoms with E-state index in [1.54, 1.807) is 17.9 Å². The Morgan fingerprint density at radius 3 is 2.37 bits per heavy atom.